The Morgan fingerprint density at radius 1 is 0.947 bits per heavy atom. The topological polar surface area (TPSA) is 12.9 Å². The molecule has 1 radical (unpaired) electrons. The molecule has 101 valence electrons. The molecule has 1 aromatic heterocycles. The maximum absolute atomic E-state index is 13.9. The van der Waals surface area contributed by atoms with Crippen LogP contribution < -0.4 is 0 Å². The predicted octanol–water partition coefficient (Wildman–Crippen LogP) is 3.74. The maximum Gasteiger partial charge on any atom is 0.325 e. The van der Waals surface area contributed by atoms with E-state index in [1.165, 1.54) is 24.4 Å². The fourth-order valence-corrected chi connectivity index (χ4v) is 2.09. The SMILES string of the molecule is FC1(F)c2ccc[c-]c2-c2ncccc2C1(F)F.[Ir]. The van der Waals surface area contributed by atoms with E-state index in [2.05, 4.69) is 11.1 Å². The van der Waals surface area contributed by atoms with Crippen molar-refractivity contribution in [2.75, 3.05) is 0 Å². The largest absolute Gasteiger partial charge is 0.325 e. The van der Waals surface area contributed by atoms with Gasteiger partial charge in [-0.15, -0.1) is 29.8 Å². The van der Waals surface area contributed by atoms with Crippen LogP contribution in [0.15, 0.2) is 36.5 Å². The molecule has 1 heterocycles. The second-order valence-corrected chi connectivity index (χ2v) is 4.01. The van der Waals surface area contributed by atoms with Crippen molar-refractivity contribution in [1.82, 2.24) is 4.98 Å². The summed E-state index contributed by atoms with van der Waals surface area (Å²) in [6, 6.07) is 8.40. The Morgan fingerprint density at radius 2 is 1.58 bits per heavy atom. The van der Waals surface area contributed by atoms with E-state index >= 15 is 0 Å². The van der Waals surface area contributed by atoms with Gasteiger partial charge < -0.3 is 4.98 Å². The number of hydrogen-bond acceptors (Lipinski definition) is 1. The standard InChI is InChI=1S/C13H6F4N.Ir/c14-12(15)9-5-2-1-4-8(9)11-10(13(12,16)17)6-3-7-18-11;/h1-3,5-7H;/q-1;. The van der Waals surface area contributed by atoms with Crippen molar-refractivity contribution in [3.63, 3.8) is 0 Å². The van der Waals surface area contributed by atoms with E-state index in [0.717, 1.165) is 12.1 Å². The molecule has 19 heavy (non-hydrogen) atoms. The van der Waals surface area contributed by atoms with Gasteiger partial charge in [0.05, 0.1) is 0 Å². The van der Waals surface area contributed by atoms with E-state index < -0.39 is 23.0 Å². The molecule has 0 atom stereocenters. The van der Waals surface area contributed by atoms with Crippen LogP contribution in [0.25, 0.3) is 11.3 Å². The molecule has 3 rings (SSSR count). The quantitative estimate of drug-likeness (QED) is 0.446. The van der Waals surface area contributed by atoms with Gasteiger partial charge >= 0.3 is 11.8 Å². The summed E-state index contributed by atoms with van der Waals surface area (Å²) in [5, 5.41) is 0. The van der Waals surface area contributed by atoms with Gasteiger partial charge in [-0.05, 0) is 11.8 Å². The van der Waals surface area contributed by atoms with E-state index in [1.54, 1.807) is 0 Å². The summed E-state index contributed by atoms with van der Waals surface area (Å²) in [6.45, 7) is 0. The first-order chi connectivity index (χ1) is 8.46. The van der Waals surface area contributed by atoms with Gasteiger partial charge in [-0.1, -0.05) is 11.6 Å². The summed E-state index contributed by atoms with van der Waals surface area (Å²) < 4.78 is 55.4. The number of halogens is 4. The van der Waals surface area contributed by atoms with Gasteiger partial charge in [-0.25, -0.2) is 8.78 Å². The van der Waals surface area contributed by atoms with Gasteiger partial charge in [0.2, 0.25) is 0 Å². The number of benzene rings is 1. The summed E-state index contributed by atoms with van der Waals surface area (Å²) in [5.74, 6) is -8.52. The Labute approximate surface area is 120 Å². The summed E-state index contributed by atoms with van der Waals surface area (Å²) in [5.41, 5.74) is -1.70. The molecule has 2 aromatic rings. The minimum absolute atomic E-state index is 0. The van der Waals surface area contributed by atoms with Crippen molar-refractivity contribution >= 4 is 0 Å². The zero-order valence-electron chi connectivity index (χ0n) is 9.26. The molecular formula is C13H6F4IrN-. The van der Waals surface area contributed by atoms with Gasteiger partial charge in [-0.2, -0.15) is 8.78 Å². The van der Waals surface area contributed by atoms with Crippen LogP contribution >= 0.6 is 0 Å². The van der Waals surface area contributed by atoms with Crippen molar-refractivity contribution in [2.24, 2.45) is 0 Å². The van der Waals surface area contributed by atoms with Crippen molar-refractivity contribution in [2.45, 2.75) is 11.8 Å². The first kappa shape index (κ1) is 14.2. The second-order valence-electron chi connectivity index (χ2n) is 4.01. The molecular weight excluding hydrogens is 438 g/mol. The number of fused-ring (bicyclic) bond motifs is 3. The van der Waals surface area contributed by atoms with Crippen LogP contribution in [0.3, 0.4) is 0 Å². The van der Waals surface area contributed by atoms with E-state index in [1.807, 2.05) is 0 Å². The van der Waals surface area contributed by atoms with Crippen LogP contribution in [0, 0.1) is 6.07 Å². The maximum atomic E-state index is 13.9. The van der Waals surface area contributed by atoms with Gasteiger partial charge in [0, 0.05) is 31.9 Å². The van der Waals surface area contributed by atoms with Crippen molar-refractivity contribution in [3.05, 3.63) is 53.7 Å². The Balaban J connectivity index is 0.00000133. The third kappa shape index (κ3) is 1.74. The Kier molecular flexibility index (Phi) is 3.27. The molecule has 6 heteroatoms. The Morgan fingerprint density at radius 3 is 2.32 bits per heavy atom. The molecule has 1 aliphatic rings. The summed E-state index contributed by atoms with van der Waals surface area (Å²) >= 11 is 0. The number of nitrogens with zero attached hydrogens (tertiary/aromatic N) is 1. The zero-order valence-corrected chi connectivity index (χ0v) is 11.7. The average molecular weight is 444 g/mol. The van der Waals surface area contributed by atoms with Crippen LogP contribution in [0.4, 0.5) is 17.6 Å². The van der Waals surface area contributed by atoms with Crippen LogP contribution in [0.2, 0.25) is 0 Å². The van der Waals surface area contributed by atoms with Crippen LogP contribution in [-0.2, 0) is 32.0 Å². The normalized spacial score (nSPS) is 17.9. The number of hydrogen-bond donors (Lipinski definition) is 0. The fraction of sp³-hybridized carbons (Fsp3) is 0.154. The first-order valence-corrected chi connectivity index (χ1v) is 5.19. The molecule has 0 N–H and O–H groups in total. The van der Waals surface area contributed by atoms with Crippen molar-refractivity contribution in [3.8, 4) is 11.3 Å². The molecule has 1 aliphatic carbocycles. The summed E-state index contributed by atoms with van der Waals surface area (Å²) in [7, 11) is 0. The van der Waals surface area contributed by atoms with E-state index in [-0.39, 0.29) is 31.4 Å². The number of alkyl halides is 4. The van der Waals surface area contributed by atoms with Crippen molar-refractivity contribution < 1.29 is 37.7 Å². The summed E-state index contributed by atoms with van der Waals surface area (Å²) in [6.07, 6.45) is 1.29. The molecule has 0 amide bonds. The Hall–Kier alpha value is -1.26. The second kappa shape index (κ2) is 4.39. The number of rotatable bonds is 0. The molecule has 0 aliphatic heterocycles. The van der Waals surface area contributed by atoms with Gasteiger partial charge in [0.15, 0.2) is 0 Å². The minimum Gasteiger partial charge on any atom is -0.304 e. The fourth-order valence-electron chi connectivity index (χ4n) is 2.09. The van der Waals surface area contributed by atoms with E-state index in [4.69, 9.17) is 0 Å². The molecule has 1 nitrogen and oxygen atoms in total. The molecule has 1 aromatic carbocycles. The van der Waals surface area contributed by atoms with Crippen LogP contribution in [0.1, 0.15) is 11.1 Å². The first-order valence-electron chi connectivity index (χ1n) is 5.19. The third-order valence-electron chi connectivity index (χ3n) is 2.97. The minimum atomic E-state index is -4.27. The van der Waals surface area contributed by atoms with Crippen LogP contribution in [0.5, 0.6) is 0 Å². The van der Waals surface area contributed by atoms with Gasteiger partial charge in [0.25, 0.3) is 0 Å². The Bertz CT molecular complexity index is 572. The zero-order chi connectivity index (χ0) is 13.0. The predicted molar refractivity (Wildman–Crippen MR) is 56.3 cm³/mol. The van der Waals surface area contributed by atoms with E-state index in [0.29, 0.717) is 0 Å². The van der Waals surface area contributed by atoms with Gasteiger partial charge in [0.1, 0.15) is 0 Å². The molecule has 0 spiro atoms. The third-order valence-corrected chi connectivity index (χ3v) is 2.97. The summed E-state index contributed by atoms with van der Waals surface area (Å²) in [4.78, 5) is 3.78. The van der Waals surface area contributed by atoms with Gasteiger partial charge in [-0.3, -0.25) is 0 Å². The smallest absolute Gasteiger partial charge is 0.304 e. The molecule has 0 unspecified atom stereocenters. The molecule has 0 saturated heterocycles. The molecule has 0 bridgehead atoms. The number of pyridine rings is 1. The monoisotopic (exact) mass is 445 g/mol. The molecule has 0 fully saturated rings. The molecule has 0 saturated carbocycles. The van der Waals surface area contributed by atoms with E-state index in [9.17, 15) is 17.6 Å². The van der Waals surface area contributed by atoms with Crippen LogP contribution in [-0.4, -0.2) is 4.98 Å². The van der Waals surface area contributed by atoms with Crippen molar-refractivity contribution in [1.29, 1.82) is 0 Å². The number of aromatic nitrogens is 1. The average Bonchev–Trinajstić information content (AvgIpc) is 2.37.